The largest absolute Gasteiger partial charge is 0.289 e. The van der Waals surface area contributed by atoms with Gasteiger partial charge in [-0.25, -0.2) is 0 Å². The van der Waals surface area contributed by atoms with Crippen molar-refractivity contribution >= 4 is 38.8 Å². The Bertz CT molecular complexity index is 986. The Morgan fingerprint density at radius 3 is 1.75 bits per heavy atom. The Kier molecular flexibility index (Phi) is 3.37. The average Bonchev–Trinajstić information content (AvgIpc) is 2.78. The van der Waals surface area contributed by atoms with Crippen molar-refractivity contribution in [2.75, 3.05) is 0 Å². The number of fused-ring (bicyclic) bond motifs is 3. The number of carbonyl (C=O) groups excluding carboxylic acids is 1. The normalized spacial score (nSPS) is 11.8. The van der Waals surface area contributed by atoms with E-state index in [9.17, 15) is 35.1 Å². The monoisotopic (exact) mass is 393 g/mol. The molecule has 0 amide bonds. The lowest BCUT2D eigenvalue weighted by atomic mass is 10.0. The zero-order chi connectivity index (χ0) is 17.8. The third-order valence-corrected chi connectivity index (χ3v) is 3.99. The highest BCUT2D eigenvalue weighted by molar-refractivity contribution is 9.10. The zero-order valence-electron chi connectivity index (χ0n) is 11.4. The molecule has 0 heterocycles. The summed E-state index contributed by atoms with van der Waals surface area (Å²) in [4.78, 5) is 43.5. The van der Waals surface area contributed by atoms with E-state index in [0.29, 0.717) is 6.07 Å². The molecule has 0 spiro atoms. The number of ketones is 1. The number of nitro groups is 3. The second-order valence-corrected chi connectivity index (χ2v) is 5.75. The van der Waals surface area contributed by atoms with Crippen molar-refractivity contribution in [2.45, 2.75) is 0 Å². The maximum Gasteiger partial charge on any atom is 0.285 e. The minimum absolute atomic E-state index is 0.116. The minimum Gasteiger partial charge on any atom is -0.289 e. The molecule has 1 aliphatic rings. The van der Waals surface area contributed by atoms with Crippen molar-refractivity contribution in [1.29, 1.82) is 0 Å². The van der Waals surface area contributed by atoms with Crippen molar-refractivity contribution in [3.05, 3.63) is 70.2 Å². The van der Waals surface area contributed by atoms with Gasteiger partial charge in [0, 0.05) is 27.7 Å². The highest BCUT2D eigenvalue weighted by Gasteiger charge is 2.40. The van der Waals surface area contributed by atoms with Crippen LogP contribution in [0.15, 0.2) is 28.7 Å². The van der Waals surface area contributed by atoms with E-state index >= 15 is 0 Å². The molecule has 0 fully saturated rings. The first-order chi connectivity index (χ1) is 11.2. The highest BCUT2D eigenvalue weighted by atomic mass is 79.9. The first kappa shape index (κ1) is 15.7. The van der Waals surface area contributed by atoms with E-state index in [4.69, 9.17) is 0 Å². The lowest BCUT2D eigenvalue weighted by molar-refractivity contribution is -0.394. The van der Waals surface area contributed by atoms with Crippen LogP contribution in [0, 0.1) is 30.3 Å². The lowest BCUT2D eigenvalue weighted by Crippen LogP contribution is -1.99. The van der Waals surface area contributed by atoms with Crippen LogP contribution in [-0.2, 0) is 0 Å². The molecule has 2 aromatic carbocycles. The molecule has 0 saturated carbocycles. The molecule has 0 atom stereocenters. The third kappa shape index (κ3) is 2.13. The molecular weight excluding hydrogens is 390 g/mol. The van der Waals surface area contributed by atoms with Crippen LogP contribution in [0.4, 0.5) is 17.1 Å². The molecule has 0 aliphatic heterocycles. The Balaban J connectivity index is 2.48. The van der Waals surface area contributed by atoms with Crippen molar-refractivity contribution in [2.24, 2.45) is 0 Å². The van der Waals surface area contributed by atoms with Gasteiger partial charge >= 0.3 is 0 Å². The summed E-state index contributed by atoms with van der Waals surface area (Å²) in [5, 5.41) is 33.5. The summed E-state index contributed by atoms with van der Waals surface area (Å²) in [6.07, 6.45) is 0. The van der Waals surface area contributed by atoms with Gasteiger partial charge in [0.25, 0.3) is 17.1 Å². The Morgan fingerprint density at radius 1 is 0.750 bits per heavy atom. The minimum atomic E-state index is -0.903. The molecule has 0 saturated heterocycles. The van der Waals surface area contributed by atoms with Gasteiger partial charge in [-0.2, -0.15) is 0 Å². The van der Waals surface area contributed by atoms with Gasteiger partial charge in [0.15, 0.2) is 5.78 Å². The fraction of sp³-hybridized carbons (Fsp3) is 0. The van der Waals surface area contributed by atoms with Gasteiger partial charge < -0.3 is 0 Å². The van der Waals surface area contributed by atoms with Gasteiger partial charge in [0.1, 0.15) is 0 Å². The van der Waals surface area contributed by atoms with Crippen molar-refractivity contribution in [3.63, 3.8) is 0 Å². The molecule has 10 nitrogen and oxygen atoms in total. The van der Waals surface area contributed by atoms with E-state index in [0.717, 1.165) is 12.1 Å². The number of nitrogens with zero attached hydrogens (tertiary/aromatic N) is 3. The van der Waals surface area contributed by atoms with E-state index in [1.165, 1.54) is 6.07 Å². The molecule has 0 radical (unpaired) electrons. The number of nitro benzene ring substituents is 3. The number of hydrogen-bond acceptors (Lipinski definition) is 7. The lowest BCUT2D eigenvalue weighted by Gasteiger charge is -2.04. The molecular formula is C13H4BrN3O7. The first-order valence-electron chi connectivity index (χ1n) is 6.22. The third-order valence-electron chi connectivity index (χ3n) is 3.53. The summed E-state index contributed by atoms with van der Waals surface area (Å²) in [5.41, 5.74) is -2.75. The van der Waals surface area contributed by atoms with Crippen LogP contribution in [0.2, 0.25) is 0 Å². The van der Waals surface area contributed by atoms with Crippen molar-refractivity contribution in [1.82, 2.24) is 0 Å². The van der Waals surface area contributed by atoms with Crippen LogP contribution in [0.3, 0.4) is 0 Å². The molecule has 0 bridgehead atoms. The summed E-state index contributed by atoms with van der Waals surface area (Å²) < 4.78 is 0.242. The van der Waals surface area contributed by atoms with Crippen LogP contribution >= 0.6 is 15.9 Å². The van der Waals surface area contributed by atoms with Gasteiger partial charge in [0.2, 0.25) is 0 Å². The number of non-ortho nitro benzene ring substituents is 1. The molecule has 120 valence electrons. The summed E-state index contributed by atoms with van der Waals surface area (Å²) in [5.74, 6) is -0.740. The predicted octanol–water partition coefficient (Wildman–Crippen LogP) is 3.39. The number of hydrogen-bond donors (Lipinski definition) is 0. The van der Waals surface area contributed by atoms with E-state index in [1.54, 1.807) is 0 Å². The number of rotatable bonds is 3. The smallest absolute Gasteiger partial charge is 0.285 e. The topological polar surface area (TPSA) is 146 Å². The quantitative estimate of drug-likeness (QED) is 0.489. The molecule has 0 aromatic heterocycles. The van der Waals surface area contributed by atoms with Crippen molar-refractivity contribution in [3.8, 4) is 11.1 Å². The molecule has 11 heteroatoms. The van der Waals surface area contributed by atoms with Crippen LogP contribution < -0.4 is 0 Å². The summed E-state index contributed by atoms with van der Waals surface area (Å²) in [6, 6.07) is 3.99. The van der Waals surface area contributed by atoms with E-state index in [-0.39, 0.29) is 26.7 Å². The number of benzene rings is 2. The van der Waals surface area contributed by atoms with Crippen LogP contribution in [0.1, 0.15) is 15.9 Å². The summed E-state index contributed by atoms with van der Waals surface area (Å²) in [6.45, 7) is 0. The predicted molar refractivity (Wildman–Crippen MR) is 83.0 cm³/mol. The van der Waals surface area contributed by atoms with Crippen LogP contribution in [-0.4, -0.2) is 20.6 Å². The maximum absolute atomic E-state index is 12.5. The fourth-order valence-corrected chi connectivity index (χ4v) is 3.07. The van der Waals surface area contributed by atoms with Gasteiger partial charge in [-0.15, -0.1) is 0 Å². The second kappa shape index (κ2) is 5.16. The SMILES string of the molecule is O=C1c2cc(Br)cc([N+](=O)[O-])c2-c2c1cc([N+](=O)[O-])cc2[N+](=O)[O-]. The highest BCUT2D eigenvalue weighted by Crippen LogP contribution is 2.49. The standard InChI is InChI=1S/C13H4BrN3O7/c14-5-1-7-11(9(2-5)16(21)22)12-8(13(7)18)3-6(15(19)20)4-10(12)17(23)24/h1-4H. The molecule has 0 unspecified atom stereocenters. The van der Waals surface area contributed by atoms with Crippen molar-refractivity contribution < 1.29 is 19.6 Å². The van der Waals surface area contributed by atoms with E-state index in [2.05, 4.69) is 15.9 Å². The maximum atomic E-state index is 12.5. The molecule has 24 heavy (non-hydrogen) atoms. The number of halogens is 1. The average molecular weight is 394 g/mol. The van der Waals surface area contributed by atoms with Gasteiger partial charge in [0.05, 0.1) is 32.0 Å². The van der Waals surface area contributed by atoms with Crippen LogP contribution in [0.25, 0.3) is 11.1 Å². The fourth-order valence-electron chi connectivity index (χ4n) is 2.63. The van der Waals surface area contributed by atoms with E-state index < -0.39 is 37.6 Å². The van der Waals surface area contributed by atoms with Crippen LogP contribution in [0.5, 0.6) is 0 Å². The van der Waals surface area contributed by atoms with Gasteiger partial charge in [-0.3, -0.25) is 35.1 Å². The second-order valence-electron chi connectivity index (χ2n) is 4.84. The molecule has 0 N–H and O–H groups in total. The summed E-state index contributed by atoms with van der Waals surface area (Å²) in [7, 11) is 0. The molecule has 1 aliphatic carbocycles. The van der Waals surface area contributed by atoms with Gasteiger partial charge in [-0.05, 0) is 6.07 Å². The molecule has 3 rings (SSSR count). The van der Waals surface area contributed by atoms with E-state index in [1.807, 2.05) is 0 Å². The van der Waals surface area contributed by atoms with Gasteiger partial charge in [-0.1, -0.05) is 15.9 Å². The summed E-state index contributed by atoms with van der Waals surface area (Å²) >= 11 is 3.04. The first-order valence-corrected chi connectivity index (χ1v) is 7.01. The Morgan fingerprint density at radius 2 is 1.25 bits per heavy atom. The Labute approximate surface area is 140 Å². The Hall–Kier alpha value is -3.21. The molecule has 2 aromatic rings. The number of carbonyl (C=O) groups is 1. The zero-order valence-corrected chi connectivity index (χ0v) is 13.0.